The molecule has 0 aromatic heterocycles. The van der Waals surface area contributed by atoms with Gasteiger partial charge in [0.25, 0.3) is 0 Å². The van der Waals surface area contributed by atoms with E-state index in [1.165, 1.54) is 4.31 Å². The summed E-state index contributed by atoms with van der Waals surface area (Å²) in [5.74, 6) is 0.969. The minimum atomic E-state index is -3.68. The molecule has 0 saturated heterocycles. The zero-order chi connectivity index (χ0) is 22.8. The third-order valence-corrected chi connectivity index (χ3v) is 6.68. The lowest BCUT2D eigenvalue weighted by molar-refractivity contribution is -0.122. The Balaban J connectivity index is 1.85. The Morgan fingerprint density at radius 2 is 1.74 bits per heavy atom. The van der Waals surface area contributed by atoms with Gasteiger partial charge in [-0.1, -0.05) is 19.1 Å². The van der Waals surface area contributed by atoms with Gasteiger partial charge >= 0.3 is 0 Å². The molecule has 3 rings (SSSR count). The zero-order valence-corrected chi connectivity index (χ0v) is 19.5. The van der Waals surface area contributed by atoms with Gasteiger partial charge in [0, 0.05) is 0 Å². The van der Waals surface area contributed by atoms with Crippen molar-refractivity contribution in [3.05, 3.63) is 53.1 Å². The van der Waals surface area contributed by atoms with Gasteiger partial charge in [-0.15, -0.1) is 0 Å². The molecule has 0 saturated carbocycles. The number of rotatable bonds is 7. The molecule has 0 aliphatic carbocycles. The van der Waals surface area contributed by atoms with Crippen LogP contribution in [0, 0.1) is 13.8 Å². The number of fused-ring (bicyclic) bond motifs is 1. The highest BCUT2D eigenvalue weighted by Gasteiger charge is 2.32. The number of carbonyl (C=O) groups excluding carboxylic acids is 1. The number of hydrogen-bond donors (Lipinski definition) is 1. The fourth-order valence-corrected chi connectivity index (χ4v) is 4.85. The predicted octanol–water partition coefficient (Wildman–Crippen LogP) is 3.50. The Kier molecular flexibility index (Phi) is 6.79. The van der Waals surface area contributed by atoms with Crippen LogP contribution >= 0.6 is 0 Å². The van der Waals surface area contributed by atoms with Gasteiger partial charge in [0.1, 0.15) is 19.3 Å². The van der Waals surface area contributed by atoms with Crippen molar-refractivity contribution in [2.24, 2.45) is 0 Å². The molecule has 0 radical (unpaired) electrons. The number of ether oxygens (including phenoxy) is 2. The number of sulfonamides is 1. The largest absolute Gasteiger partial charge is 0.486 e. The molecule has 8 heteroatoms. The molecule has 0 bridgehead atoms. The number of anilines is 1. The van der Waals surface area contributed by atoms with E-state index in [1.807, 2.05) is 45.0 Å². The number of hydrogen-bond acceptors (Lipinski definition) is 5. The molecule has 0 unspecified atom stereocenters. The summed E-state index contributed by atoms with van der Waals surface area (Å²) in [6.45, 7) is 8.53. The van der Waals surface area contributed by atoms with Gasteiger partial charge in [0.05, 0.1) is 18.0 Å². The second kappa shape index (κ2) is 9.18. The van der Waals surface area contributed by atoms with Gasteiger partial charge in [-0.05, 0) is 68.1 Å². The number of amides is 1. The van der Waals surface area contributed by atoms with Gasteiger partial charge in [-0.2, -0.15) is 0 Å². The molecule has 2 aromatic rings. The van der Waals surface area contributed by atoms with E-state index < -0.39 is 16.1 Å². The highest BCUT2D eigenvalue weighted by atomic mass is 32.2. The van der Waals surface area contributed by atoms with E-state index in [0.29, 0.717) is 36.8 Å². The molecule has 0 fully saturated rings. The average Bonchev–Trinajstić information content (AvgIpc) is 2.72. The molecule has 1 heterocycles. The fourth-order valence-electron chi connectivity index (χ4n) is 3.65. The van der Waals surface area contributed by atoms with Crippen molar-refractivity contribution in [2.75, 3.05) is 23.8 Å². The van der Waals surface area contributed by atoms with Crippen LogP contribution in [0.15, 0.2) is 36.4 Å². The highest BCUT2D eigenvalue weighted by molar-refractivity contribution is 7.92. The molecule has 1 amide bonds. The predicted molar refractivity (Wildman–Crippen MR) is 121 cm³/mol. The van der Waals surface area contributed by atoms with Crippen LogP contribution in [0.4, 0.5) is 5.69 Å². The van der Waals surface area contributed by atoms with E-state index in [4.69, 9.17) is 9.47 Å². The van der Waals surface area contributed by atoms with Gasteiger partial charge in [-0.3, -0.25) is 9.10 Å². The molecule has 1 aliphatic rings. The summed E-state index contributed by atoms with van der Waals surface area (Å²) in [5.41, 5.74) is 3.36. The molecule has 168 valence electrons. The molecule has 0 spiro atoms. The summed E-state index contributed by atoms with van der Waals surface area (Å²) >= 11 is 0. The van der Waals surface area contributed by atoms with Gasteiger partial charge < -0.3 is 14.8 Å². The number of carbonyl (C=O) groups is 1. The first-order valence-electron chi connectivity index (χ1n) is 10.4. The van der Waals surface area contributed by atoms with Crippen LogP contribution in [0.3, 0.4) is 0 Å². The maximum atomic E-state index is 13.2. The van der Waals surface area contributed by atoms with Crippen LogP contribution in [0.25, 0.3) is 0 Å². The SMILES string of the molecule is CC[C@@H](C(=O)N[C@@H](C)c1ccc2c(c1)OCCO2)N(c1ccc(C)c(C)c1)S(C)(=O)=O. The summed E-state index contributed by atoms with van der Waals surface area (Å²) in [7, 11) is -3.68. The summed E-state index contributed by atoms with van der Waals surface area (Å²) < 4.78 is 37.7. The van der Waals surface area contributed by atoms with E-state index in [9.17, 15) is 13.2 Å². The maximum absolute atomic E-state index is 13.2. The van der Waals surface area contributed by atoms with Crippen LogP contribution in [0.1, 0.15) is 43.0 Å². The van der Waals surface area contributed by atoms with E-state index in [0.717, 1.165) is 22.9 Å². The molecule has 7 nitrogen and oxygen atoms in total. The first-order chi connectivity index (χ1) is 14.6. The summed E-state index contributed by atoms with van der Waals surface area (Å²) in [6, 6.07) is 9.75. The lowest BCUT2D eigenvalue weighted by Crippen LogP contribution is -2.49. The van der Waals surface area contributed by atoms with Crippen molar-refractivity contribution >= 4 is 21.6 Å². The van der Waals surface area contributed by atoms with Gasteiger partial charge in [0.15, 0.2) is 11.5 Å². The van der Waals surface area contributed by atoms with Crippen molar-refractivity contribution in [3.8, 4) is 11.5 Å². The summed E-state index contributed by atoms with van der Waals surface area (Å²) in [4.78, 5) is 13.2. The van der Waals surface area contributed by atoms with Crippen LogP contribution in [0.5, 0.6) is 11.5 Å². The lowest BCUT2D eigenvalue weighted by Gasteiger charge is -2.31. The molecule has 2 atom stereocenters. The Labute approximate surface area is 184 Å². The topological polar surface area (TPSA) is 84.9 Å². The molecule has 1 N–H and O–H groups in total. The van der Waals surface area contributed by atoms with E-state index in [1.54, 1.807) is 19.1 Å². The Morgan fingerprint density at radius 1 is 1.06 bits per heavy atom. The lowest BCUT2D eigenvalue weighted by atomic mass is 10.1. The van der Waals surface area contributed by atoms with Crippen LogP contribution in [-0.2, 0) is 14.8 Å². The van der Waals surface area contributed by atoms with E-state index in [2.05, 4.69) is 5.32 Å². The van der Waals surface area contributed by atoms with E-state index >= 15 is 0 Å². The van der Waals surface area contributed by atoms with Crippen LogP contribution < -0.4 is 19.1 Å². The monoisotopic (exact) mass is 446 g/mol. The minimum absolute atomic E-state index is 0.333. The summed E-state index contributed by atoms with van der Waals surface area (Å²) in [6.07, 6.45) is 1.46. The second-order valence-corrected chi connectivity index (χ2v) is 9.74. The fraction of sp³-hybridized carbons (Fsp3) is 0.435. The first-order valence-corrected chi connectivity index (χ1v) is 12.2. The Bertz CT molecular complexity index is 1070. The number of nitrogens with one attached hydrogen (secondary N) is 1. The maximum Gasteiger partial charge on any atom is 0.244 e. The number of benzene rings is 2. The van der Waals surface area contributed by atoms with Crippen molar-refractivity contribution in [2.45, 2.75) is 46.2 Å². The number of aryl methyl sites for hydroxylation is 2. The molecule has 1 aliphatic heterocycles. The van der Waals surface area contributed by atoms with E-state index in [-0.39, 0.29) is 11.9 Å². The van der Waals surface area contributed by atoms with Gasteiger partial charge in [0.2, 0.25) is 15.9 Å². The number of nitrogens with zero attached hydrogens (tertiary/aromatic N) is 1. The Morgan fingerprint density at radius 3 is 2.35 bits per heavy atom. The highest BCUT2D eigenvalue weighted by Crippen LogP contribution is 2.33. The normalized spacial score (nSPS) is 15.1. The first kappa shape index (κ1) is 22.9. The van der Waals surface area contributed by atoms with Crippen molar-refractivity contribution in [1.29, 1.82) is 0 Å². The zero-order valence-electron chi connectivity index (χ0n) is 18.6. The smallest absolute Gasteiger partial charge is 0.244 e. The minimum Gasteiger partial charge on any atom is -0.486 e. The second-order valence-electron chi connectivity index (χ2n) is 7.88. The van der Waals surface area contributed by atoms with Crippen molar-refractivity contribution in [1.82, 2.24) is 5.32 Å². The Hall–Kier alpha value is -2.74. The van der Waals surface area contributed by atoms with Gasteiger partial charge in [-0.25, -0.2) is 8.42 Å². The average molecular weight is 447 g/mol. The molecular formula is C23H30N2O5S. The third-order valence-electron chi connectivity index (χ3n) is 5.50. The third kappa shape index (κ3) is 5.12. The van der Waals surface area contributed by atoms with Crippen molar-refractivity contribution in [3.63, 3.8) is 0 Å². The quantitative estimate of drug-likeness (QED) is 0.704. The molecule has 2 aromatic carbocycles. The van der Waals surface area contributed by atoms with Crippen LogP contribution in [-0.4, -0.2) is 39.8 Å². The molecule has 31 heavy (non-hydrogen) atoms. The van der Waals surface area contributed by atoms with Crippen molar-refractivity contribution < 1.29 is 22.7 Å². The van der Waals surface area contributed by atoms with Crippen LogP contribution in [0.2, 0.25) is 0 Å². The summed E-state index contributed by atoms with van der Waals surface area (Å²) in [5, 5.41) is 2.96. The molecular weight excluding hydrogens is 416 g/mol. The standard InChI is InChI=1S/C23H30N2O5S/c1-6-20(25(31(5,27)28)19-9-7-15(2)16(3)13-19)23(26)24-17(4)18-8-10-21-22(14-18)30-12-11-29-21/h7-10,13-14,17,20H,6,11-12H2,1-5H3,(H,24,26)/t17-,20-/m0/s1.